The number of ether oxygens (including phenoxy) is 2. The molecule has 0 radical (unpaired) electrons. The third kappa shape index (κ3) is 3.56. The van der Waals surface area contributed by atoms with Crippen molar-refractivity contribution in [3.05, 3.63) is 0 Å². The van der Waals surface area contributed by atoms with E-state index in [9.17, 15) is 0 Å². The monoisotopic (exact) mass is 201 g/mol. The van der Waals surface area contributed by atoms with Crippen LogP contribution in [0.3, 0.4) is 0 Å². The fourth-order valence-corrected chi connectivity index (χ4v) is 2.23. The van der Waals surface area contributed by atoms with Gasteiger partial charge in [0.15, 0.2) is 0 Å². The first-order chi connectivity index (χ1) is 6.83. The molecule has 0 aromatic rings. The van der Waals surface area contributed by atoms with Crippen LogP contribution < -0.4 is 5.32 Å². The average Bonchev–Trinajstić information content (AvgIpc) is 2.20. The third-order valence-electron chi connectivity index (χ3n) is 2.96. The summed E-state index contributed by atoms with van der Waals surface area (Å²) in [6.45, 7) is 2.39. The van der Waals surface area contributed by atoms with Gasteiger partial charge in [-0.05, 0) is 19.9 Å². The van der Waals surface area contributed by atoms with Crippen LogP contribution in [-0.4, -0.2) is 39.5 Å². The van der Waals surface area contributed by atoms with Crippen LogP contribution in [-0.2, 0) is 9.47 Å². The summed E-state index contributed by atoms with van der Waals surface area (Å²) in [7, 11) is 3.71. The summed E-state index contributed by atoms with van der Waals surface area (Å²) in [5, 5.41) is 3.24. The lowest BCUT2D eigenvalue weighted by atomic mass is 9.84. The van der Waals surface area contributed by atoms with Gasteiger partial charge in [-0.3, -0.25) is 0 Å². The van der Waals surface area contributed by atoms with Gasteiger partial charge in [0.05, 0.1) is 18.8 Å². The van der Waals surface area contributed by atoms with E-state index in [1.54, 1.807) is 7.11 Å². The van der Waals surface area contributed by atoms with Crippen LogP contribution in [0.15, 0.2) is 0 Å². The van der Waals surface area contributed by atoms with Crippen molar-refractivity contribution in [2.75, 3.05) is 33.9 Å². The summed E-state index contributed by atoms with van der Waals surface area (Å²) in [4.78, 5) is 0. The highest BCUT2D eigenvalue weighted by atomic mass is 16.5. The molecule has 1 fully saturated rings. The normalized spacial score (nSPS) is 21.0. The van der Waals surface area contributed by atoms with Crippen molar-refractivity contribution >= 4 is 0 Å². The molecule has 0 bridgehead atoms. The topological polar surface area (TPSA) is 30.5 Å². The highest BCUT2D eigenvalue weighted by molar-refractivity contribution is 4.86. The quantitative estimate of drug-likeness (QED) is 0.662. The molecular formula is C11H23NO2. The van der Waals surface area contributed by atoms with E-state index in [1.807, 2.05) is 7.05 Å². The molecule has 0 heterocycles. The van der Waals surface area contributed by atoms with E-state index in [1.165, 1.54) is 32.1 Å². The van der Waals surface area contributed by atoms with E-state index in [0.717, 1.165) is 13.2 Å². The summed E-state index contributed by atoms with van der Waals surface area (Å²) in [5.74, 6) is 0. The van der Waals surface area contributed by atoms with Gasteiger partial charge in [0.2, 0.25) is 0 Å². The second kappa shape index (κ2) is 6.38. The number of likely N-dealkylation sites (N-methyl/N-ethyl adjacent to an activating group) is 1. The lowest BCUT2D eigenvalue weighted by Crippen LogP contribution is -2.44. The van der Waals surface area contributed by atoms with E-state index < -0.39 is 0 Å². The minimum atomic E-state index is 0.0888. The first-order valence-corrected chi connectivity index (χ1v) is 5.60. The Bertz CT molecular complexity index is 139. The maximum absolute atomic E-state index is 5.96. The van der Waals surface area contributed by atoms with Crippen LogP contribution >= 0.6 is 0 Å². The van der Waals surface area contributed by atoms with Crippen LogP contribution in [0.1, 0.15) is 32.1 Å². The van der Waals surface area contributed by atoms with E-state index in [-0.39, 0.29) is 5.60 Å². The molecule has 1 aliphatic rings. The molecule has 0 aromatic carbocycles. The molecule has 1 N–H and O–H groups in total. The second-order valence-electron chi connectivity index (χ2n) is 4.12. The lowest BCUT2D eigenvalue weighted by Gasteiger charge is -2.37. The zero-order valence-corrected chi connectivity index (χ0v) is 9.47. The molecule has 0 unspecified atom stereocenters. The van der Waals surface area contributed by atoms with Crippen LogP contribution in [0.5, 0.6) is 0 Å². The van der Waals surface area contributed by atoms with E-state index in [2.05, 4.69) is 5.32 Å². The Balaban J connectivity index is 2.34. The molecule has 1 saturated carbocycles. The van der Waals surface area contributed by atoms with Crippen molar-refractivity contribution < 1.29 is 9.47 Å². The van der Waals surface area contributed by atoms with Crippen molar-refractivity contribution in [1.29, 1.82) is 0 Å². The number of nitrogens with one attached hydrogen (secondary N) is 1. The van der Waals surface area contributed by atoms with Crippen LogP contribution in [0.4, 0.5) is 0 Å². The summed E-state index contributed by atoms with van der Waals surface area (Å²) in [5.41, 5.74) is 0.0888. The molecule has 0 amide bonds. The van der Waals surface area contributed by atoms with Gasteiger partial charge in [0, 0.05) is 13.7 Å². The Morgan fingerprint density at radius 1 is 1.14 bits per heavy atom. The summed E-state index contributed by atoms with van der Waals surface area (Å²) >= 11 is 0. The maximum Gasteiger partial charge on any atom is 0.0807 e. The van der Waals surface area contributed by atoms with E-state index >= 15 is 0 Å². The summed E-state index contributed by atoms with van der Waals surface area (Å²) < 4.78 is 11.0. The lowest BCUT2D eigenvalue weighted by molar-refractivity contribution is -0.0814. The summed E-state index contributed by atoms with van der Waals surface area (Å²) in [6, 6.07) is 0. The molecule has 14 heavy (non-hydrogen) atoms. The van der Waals surface area contributed by atoms with Crippen LogP contribution in [0.25, 0.3) is 0 Å². The van der Waals surface area contributed by atoms with Gasteiger partial charge in [0.25, 0.3) is 0 Å². The first kappa shape index (κ1) is 12.0. The van der Waals surface area contributed by atoms with Gasteiger partial charge in [-0.1, -0.05) is 19.3 Å². The predicted octanol–water partition coefficient (Wildman–Crippen LogP) is 1.57. The number of hydrogen-bond acceptors (Lipinski definition) is 3. The maximum atomic E-state index is 5.96. The van der Waals surface area contributed by atoms with E-state index in [0.29, 0.717) is 6.61 Å². The smallest absolute Gasteiger partial charge is 0.0807 e. The van der Waals surface area contributed by atoms with Gasteiger partial charge in [-0.25, -0.2) is 0 Å². The van der Waals surface area contributed by atoms with Crippen molar-refractivity contribution in [2.45, 2.75) is 37.7 Å². The standard InChI is InChI=1S/C11H23NO2/c1-12-10-11(14-9-8-13-2)6-4-3-5-7-11/h12H,3-10H2,1-2H3. The van der Waals surface area contributed by atoms with Gasteiger partial charge < -0.3 is 14.8 Å². The van der Waals surface area contributed by atoms with Gasteiger partial charge in [-0.15, -0.1) is 0 Å². The predicted molar refractivity (Wildman–Crippen MR) is 57.6 cm³/mol. The molecule has 0 atom stereocenters. The molecule has 1 rings (SSSR count). The Morgan fingerprint density at radius 2 is 1.86 bits per heavy atom. The SMILES string of the molecule is CNCC1(OCCOC)CCCCC1. The van der Waals surface area contributed by atoms with Crippen molar-refractivity contribution in [1.82, 2.24) is 5.32 Å². The largest absolute Gasteiger partial charge is 0.382 e. The average molecular weight is 201 g/mol. The highest BCUT2D eigenvalue weighted by Crippen LogP contribution is 2.30. The Labute approximate surface area is 87.2 Å². The molecule has 0 spiro atoms. The number of rotatable bonds is 6. The van der Waals surface area contributed by atoms with Gasteiger partial charge in [-0.2, -0.15) is 0 Å². The zero-order chi connectivity index (χ0) is 10.3. The third-order valence-corrected chi connectivity index (χ3v) is 2.96. The molecule has 3 heteroatoms. The number of methoxy groups -OCH3 is 1. The van der Waals surface area contributed by atoms with Crippen molar-refractivity contribution in [2.24, 2.45) is 0 Å². The van der Waals surface area contributed by atoms with Crippen molar-refractivity contribution in [3.63, 3.8) is 0 Å². The number of hydrogen-bond donors (Lipinski definition) is 1. The van der Waals surface area contributed by atoms with Gasteiger partial charge >= 0.3 is 0 Å². The minimum absolute atomic E-state index is 0.0888. The van der Waals surface area contributed by atoms with E-state index in [4.69, 9.17) is 9.47 Å². The Morgan fingerprint density at radius 3 is 2.43 bits per heavy atom. The molecular weight excluding hydrogens is 178 g/mol. The van der Waals surface area contributed by atoms with Gasteiger partial charge in [0.1, 0.15) is 0 Å². The molecule has 3 nitrogen and oxygen atoms in total. The van der Waals surface area contributed by atoms with Crippen LogP contribution in [0, 0.1) is 0 Å². The fraction of sp³-hybridized carbons (Fsp3) is 1.00. The highest BCUT2D eigenvalue weighted by Gasteiger charge is 2.31. The Hall–Kier alpha value is -0.120. The molecule has 84 valence electrons. The minimum Gasteiger partial charge on any atom is -0.382 e. The Kier molecular flexibility index (Phi) is 5.45. The molecule has 0 aromatic heterocycles. The molecule has 0 saturated heterocycles. The first-order valence-electron chi connectivity index (χ1n) is 5.60. The van der Waals surface area contributed by atoms with Crippen molar-refractivity contribution in [3.8, 4) is 0 Å². The molecule has 0 aliphatic heterocycles. The summed E-state index contributed by atoms with van der Waals surface area (Å²) in [6.07, 6.45) is 6.34. The second-order valence-corrected chi connectivity index (χ2v) is 4.12. The zero-order valence-electron chi connectivity index (χ0n) is 9.47. The fourth-order valence-electron chi connectivity index (χ4n) is 2.23. The molecule has 1 aliphatic carbocycles. The van der Waals surface area contributed by atoms with Crippen LogP contribution in [0.2, 0.25) is 0 Å².